The van der Waals surface area contributed by atoms with Gasteiger partial charge in [0.25, 0.3) is 5.91 Å². The second-order valence-electron chi connectivity index (χ2n) is 6.81. The van der Waals surface area contributed by atoms with Gasteiger partial charge in [-0.25, -0.2) is 0 Å². The van der Waals surface area contributed by atoms with Crippen LogP contribution >= 0.6 is 11.6 Å². The summed E-state index contributed by atoms with van der Waals surface area (Å²) >= 11 is 6.06. The molecule has 0 unspecified atom stereocenters. The predicted molar refractivity (Wildman–Crippen MR) is 107 cm³/mol. The molecule has 2 amide bonds. The molecule has 0 aromatic heterocycles. The summed E-state index contributed by atoms with van der Waals surface area (Å²) in [5, 5.41) is 3.43. The number of likely N-dealkylation sites (tertiary alicyclic amines) is 1. The quantitative estimate of drug-likeness (QED) is 0.856. The lowest BCUT2D eigenvalue weighted by molar-refractivity contribution is -0.119. The van der Waals surface area contributed by atoms with Gasteiger partial charge >= 0.3 is 0 Å². The number of hydrogen-bond acceptors (Lipinski definition) is 3. The zero-order valence-corrected chi connectivity index (χ0v) is 16.5. The van der Waals surface area contributed by atoms with Crippen LogP contribution in [-0.4, -0.2) is 36.4 Å². The van der Waals surface area contributed by atoms with E-state index < -0.39 is 6.04 Å². The number of nitrogens with zero attached hydrogens (tertiary/aromatic N) is 1. The van der Waals surface area contributed by atoms with E-state index in [-0.39, 0.29) is 11.8 Å². The average Bonchev–Trinajstić information content (AvgIpc) is 3.14. The standard InChI is InChI=1S/C21H23ClN2O3/c1-13-6-7-14(2)17(11-13)23-20(25)18-5-4-10-24(18)21(26)16-12-15(22)8-9-19(16)27-3/h6-9,11-12,18H,4-5,10H2,1-3H3,(H,23,25)/t18-/m1/s1. The third kappa shape index (κ3) is 4.08. The molecule has 1 heterocycles. The molecule has 0 spiro atoms. The molecule has 0 bridgehead atoms. The van der Waals surface area contributed by atoms with Crippen molar-refractivity contribution in [2.75, 3.05) is 19.0 Å². The lowest BCUT2D eigenvalue weighted by Crippen LogP contribution is -2.43. The minimum absolute atomic E-state index is 0.171. The Bertz CT molecular complexity index is 882. The molecule has 0 radical (unpaired) electrons. The summed E-state index contributed by atoms with van der Waals surface area (Å²) in [7, 11) is 1.51. The van der Waals surface area contributed by atoms with Crippen LogP contribution in [0.1, 0.15) is 34.3 Å². The number of anilines is 1. The Morgan fingerprint density at radius 1 is 1.19 bits per heavy atom. The summed E-state index contributed by atoms with van der Waals surface area (Å²) in [5.41, 5.74) is 3.20. The molecule has 2 aromatic carbocycles. The van der Waals surface area contributed by atoms with E-state index in [1.807, 2.05) is 32.0 Å². The van der Waals surface area contributed by atoms with Gasteiger partial charge in [-0.05, 0) is 62.1 Å². The Morgan fingerprint density at radius 3 is 2.70 bits per heavy atom. The lowest BCUT2D eigenvalue weighted by atomic mass is 10.1. The van der Waals surface area contributed by atoms with E-state index in [1.54, 1.807) is 23.1 Å². The molecule has 2 aromatic rings. The van der Waals surface area contributed by atoms with Crippen LogP contribution in [-0.2, 0) is 4.79 Å². The molecular weight excluding hydrogens is 364 g/mol. The van der Waals surface area contributed by atoms with Gasteiger partial charge in [0.15, 0.2) is 0 Å². The van der Waals surface area contributed by atoms with Crippen molar-refractivity contribution in [3.8, 4) is 5.75 Å². The highest BCUT2D eigenvalue weighted by Gasteiger charge is 2.35. The third-order valence-electron chi connectivity index (χ3n) is 4.86. The number of hydrogen-bond donors (Lipinski definition) is 1. The van der Waals surface area contributed by atoms with Crippen LogP contribution in [0.3, 0.4) is 0 Å². The highest BCUT2D eigenvalue weighted by atomic mass is 35.5. The second kappa shape index (κ2) is 8.01. The summed E-state index contributed by atoms with van der Waals surface area (Å²) in [4.78, 5) is 27.6. The van der Waals surface area contributed by atoms with Crippen molar-refractivity contribution < 1.29 is 14.3 Å². The monoisotopic (exact) mass is 386 g/mol. The molecule has 5 nitrogen and oxygen atoms in total. The molecule has 27 heavy (non-hydrogen) atoms. The third-order valence-corrected chi connectivity index (χ3v) is 5.09. The molecule has 1 saturated heterocycles. The number of carbonyl (C=O) groups is 2. The Kier molecular flexibility index (Phi) is 5.71. The van der Waals surface area contributed by atoms with Crippen molar-refractivity contribution in [2.24, 2.45) is 0 Å². The lowest BCUT2D eigenvalue weighted by Gasteiger charge is -2.25. The van der Waals surface area contributed by atoms with Gasteiger partial charge < -0.3 is 15.0 Å². The summed E-state index contributed by atoms with van der Waals surface area (Å²) in [6.07, 6.45) is 1.41. The molecule has 0 aliphatic carbocycles. The highest BCUT2D eigenvalue weighted by Crippen LogP contribution is 2.28. The van der Waals surface area contributed by atoms with Crippen molar-refractivity contribution in [1.82, 2.24) is 4.90 Å². The van der Waals surface area contributed by atoms with Crippen molar-refractivity contribution >= 4 is 29.1 Å². The van der Waals surface area contributed by atoms with Crippen molar-refractivity contribution in [1.29, 1.82) is 0 Å². The number of aryl methyl sites for hydroxylation is 2. The molecular formula is C21H23ClN2O3. The summed E-state index contributed by atoms with van der Waals surface area (Å²) in [6.45, 7) is 4.45. The van der Waals surface area contributed by atoms with Gasteiger partial charge in [-0.15, -0.1) is 0 Å². The van der Waals surface area contributed by atoms with Gasteiger partial charge in [-0.2, -0.15) is 0 Å². The molecule has 1 aliphatic heterocycles. The SMILES string of the molecule is COc1ccc(Cl)cc1C(=O)N1CCC[C@@H]1C(=O)Nc1cc(C)ccc1C. The van der Waals surface area contributed by atoms with Crippen LogP contribution in [0.2, 0.25) is 5.02 Å². The van der Waals surface area contributed by atoms with E-state index in [4.69, 9.17) is 16.3 Å². The number of ether oxygens (including phenoxy) is 1. The number of rotatable bonds is 4. The first-order valence-corrected chi connectivity index (χ1v) is 9.31. The molecule has 1 aliphatic rings. The number of carbonyl (C=O) groups excluding carboxylic acids is 2. The fraction of sp³-hybridized carbons (Fsp3) is 0.333. The predicted octanol–water partition coefficient (Wildman–Crippen LogP) is 4.21. The van der Waals surface area contributed by atoms with E-state index in [0.717, 1.165) is 23.2 Å². The summed E-state index contributed by atoms with van der Waals surface area (Å²) in [6, 6.07) is 10.3. The first-order chi connectivity index (χ1) is 12.9. The molecule has 1 fully saturated rings. The van der Waals surface area contributed by atoms with Gasteiger partial charge in [0, 0.05) is 17.3 Å². The molecule has 1 N–H and O–H groups in total. The van der Waals surface area contributed by atoms with Crippen LogP contribution in [0.25, 0.3) is 0 Å². The summed E-state index contributed by atoms with van der Waals surface area (Å²) in [5.74, 6) is 0.0356. The fourth-order valence-electron chi connectivity index (χ4n) is 3.37. The topological polar surface area (TPSA) is 58.6 Å². The van der Waals surface area contributed by atoms with Gasteiger partial charge in [0.2, 0.25) is 5.91 Å². The maximum Gasteiger partial charge on any atom is 0.258 e. The minimum atomic E-state index is -0.513. The zero-order valence-electron chi connectivity index (χ0n) is 15.7. The number of halogens is 1. The van der Waals surface area contributed by atoms with Gasteiger partial charge in [-0.3, -0.25) is 9.59 Å². The van der Waals surface area contributed by atoms with Crippen LogP contribution < -0.4 is 10.1 Å². The Labute approximate surface area is 164 Å². The van der Waals surface area contributed by atoms with Gasteiger partial charge in [0.1, 0.15) is 11.8 Å². The zero-order chi connectivity index (χ0) is 19.6. The molecule has 3 rings (SSSR count). The first kappa shape index (κ1) is 19.2. The van der Waals surface area contributed by atoms with Crippen LogP contribution in [0, 0.1) is 13.8 Å². The maximum absolute atomic E-state index is 13.1. The first-order valence-electron chi connectivity index (χ1n) is 8.93. The maximum atomic E-state index is 13.1. The number of amides is 2. The van der Waals surface area contributed by atoms with E-state index in [9.17, 15) is 9.59 Å². The average molecular weight is 387 g/mol. The van der Waals surface area contributed by atoms with E-state index in [0.29, 0.717) is 29.3 Å². The fourth-order valence-corrected chi connectivity index (χ4v) is 3.54. The van der Waals surface area contributed by atoms with Gasteiger partial charge in [-0.1, -0.05) is 23.7 Å². The molecule has 6 heteroatoms. The van der Waals surface area contributed by atoms with Crippen molar-refractivity contribution in [3.05, 3.63) is 58.1 Å². The van der Waals surface area contributed by atoms with Crippen molar-refractivity contribution in [2.45, 2.75) is 32.7 Å². The second-order valence-corrected chi connectivity index (χ2v) is 7.25. The Morgan fingerprint density at radius 2 is 1.96 bits per heavy atom. The number of benzene rings is 2. The Hall–Kier alpha value is -2.53. The van der Waals surface area contributed by atoms with E-state index >= 15 is 0 Å². The number of nitrogens with one attached hydrogen (secondary N) is 1. The van der Waals surface area contributed by atoms with Crippen molar-refractivity contribution in [3.63, 3.8) is 0 Å². The van der Waals surface area contributed by atoms with Crippen LogP contribution in [0.5, 0.6) is 5.75 Å². The highest BCUT2D eigenvalue weighted by molar-refractivity contribution is 6.31. The van der Waals surface area contributed by atoms with E-state index in [2.05, 4.69) is 5.32 Å². The van der Waals surface area contributed by atoms with Crippen LogP contribution in [0.15, 0.2) is 36.4 Å². The van der Waals surface area contributed by atoms with Gasteiger partial charge in [0.05, 0.1) is 12.7 Å². The van der Waals surface area contributed by atoms with E-state index in [1.165, 1.54) is 7.11 Å². The minimum Gasteiger partial charge on any atom is -0.496 e. The molecule has 1 atom stereocenters. The molecule has 142 valence electrons. The smallest absolute Gasteiger partial charge is 0.258 e. The normalized spacial score (nSPS) is 16.3. The molecule has 0 saturated carbocycles. The Balaban J connectivity index is 1.82. The summed E-state index contributed by atoms with van der Waals surface area (Å²) < 4.78 is 5.29. The van der Waals surface area contributed by atoms with Crippen LogP contribution in [0.4, 0.5) is 5.69 Å². The number of methoxy groups -OCH3 is 1. The largest absolute Gasteiger partial charge is 0.496 e.